The second-order valence-electron chi connectivity index (χ2n) is 4.38. The Kier molecular flexibility index (Phi) is 6.29. The van der Waals surface area contributed by atoms with Gasteiger partial charge in [-0.1, -0.05) is 18.3 Å². The summed E-state index contributed by atoms with van der Waals surface area (Å²) in [4.78, 5) is 12.1. The summed E-state index contributed by atoms with van der Waals surface area (Å²) in [5.74, 6) is 0.500. The highest BCUT2D eigenvalue weighted by Crippen LogP contribution is 2.17. The third kappa shape index (κ3) is 4.78. The summed E-state index contributed by atoms with van der Waals surface area (Å²) in [5.41, 5.74) is 0.547. The van der Waals surface area contributed by atoms with Crippen LogP contribution in [0.1, 0.15) is 29.2 Å². The van der Waals surface area contributed by atoms with Crippen molar-refractivity contribution in [1.29, 1.82) is 0 Å². The van der Waals surface area contributed by atoms with Gasteiger partial charge in [-0.25, -0.2) is 0 Å². The number of nitrogens with zero attached hydrogens (tertiary/aromatic N) is 2. The molecule has 0 unspecified atom stereocenters. The number of hydrogen-bond donors (Lipinski definition) is 1. The Morgan fingerprint density at radius 3 is 2.59 bits per heavy atom. The molecule has 1 aromatic heterocycles. The number of anilines is 1. The first-order chi connectivity index (χ1) is 10.7. The largest absolute Gasteiger partial charge is 0.491 e. The molecule has 1 heterocycles. The van der Waals surface area contributed by atoms with Crippen molar-refractivity contribution in [3.8, 4) is 5.75 Å². The van der Waals surface area contributed by atoms with Crippen LogP contribution in [0.3, 0.4) is 0 Å². The van der Waals surface area contributed by atoms with E-state index in [0.29, 0.717) is 36.3 Å². The van der Waals surface area contributed by atoms with E-state index in [1.54, 1.807) is 24.3 Å². The first-order valence-electron chi connectivity index (χ1n) is 7.17. The fraction of sp³-hybridized carbons (Fsp3) is 0.400. The molecule has 0 aliphatic heterocycles. The lowest BCUT2D eigenvalue weighted by Crippen LogP contribution is -2.11. The molecule has 6 nitrogen and oxygen atoms in total. The van der Waals surface area contributed by atoms with Gasteiger partial charge in [0.05, 0.1) is 6.61 Å². The van der Waals surface area contributed by atoms with Crippen molar-refractivity contribution < 1.29 is 14.3 Å². The summed E-state index contributed by atoms with van der Waals surface area (Å²) < 4.78 is 10.7. The molecular weight excluding hydrogens is 302 g/mol. The highest BCUT2D eigenvalue weighted by atomic mass is 32.1. The van der Waals surface area contributed by atoms with Crippen LogP contribution in [0.15, 0.2) is 24.3 Å². The molecule has 0 saturated heterocycles. The quantitative estimate of drug-likeness (QED) is 0.757. The Balaban J connectivity index is 1.87. The van der Waals surface area contributed by atoms with E-state index in [4.69, 9.17) is 9.47 Å². The monoisotopic (exact) mass is 321 g/mol. The number of aromatic nitrogens is 2. The average Bonchev–Trinajstić information content (AvgIpc) is 3.00. The number of nitrogens with one attached hydrogen (secondary N) is 1. The summed E-state index contributed by atoms with van der Waals surface area (Å²) >= 11 is 1.38. The summed E-state index contributed by atoms with van der Waals surface area (Å²) in [5, 5.41) is 12.0. The number of carbonyl (C=O) groups excluding carboxylic acids is 1. The smallest absolute Gasteiger partial charge is 0.257 e. The highest BCUT2D eigenvalue weighted by Gasteiger charge is 2.09. The molecule has 2 rings (SSSR count). The van der Waals surface area contributed by atoms with Crippen LogP contribution in [0.4, 0.5) is 5.13 Å². The van der Waals surface area contributed by atoms with Crippen LogP contribution in [0.5, 0.6) is 5.75 Å². The van der Waals surface area contributed by atoms with Crippen molar-refractivity contribution in [3.05, 3.63) is 34.8 Å². The molecule has 0 fully saturated rings. The minimum atomic E-state index is -0.209. The van der Waals surface area contributed by atoms with E-state index in [1.807, 2.05) is 13.8 Å². The van der Waals surface area contributed by atoms with Gasteiger partial charge in [0.1, 0.15) is 17.4 Å². The summed E-state index contributed by atoms with van der Waals surface area (Å²) in [6.07, 6.45) is 0.807. The number of rotatable bonds is 8. The maximum Gasteiger partial charge on any atom is 0.257 e. The van der Waals surface area contributed by atoms with Crippen molar-refractivity contribution in [2.45, 2.75) is 20.3 Å². The van der Waals surface area contributed by atoms with Gasteiger partial charge in [-0.05, 0) is 37.6 Å². The number of hydrogen-bond acceptors (Lipinski definition) is 6. The molecule has 0 spiro atoms. The molecule has 0 atom stereocenters. The molecule has 0 radical (unpaired) electrons. The topological polar surface area (TPSA) is 73.3 Å². The Labute approximate surface area is 133 Å². The van der Waals surface area contributed by atoms with Gasteiger partial charge in [0, 0.05) is 12.2 Å². The van der Waals surface area contributed by atoms with Gasteiger partial charge in [0.25, 0.3) is 5.91 Å². The zero-order chi connectivity index (χ0) is 15.8. The van der Waals surface area contributed by atoms with Crippen LogP contribution in [0.2, 0.25) is 0 Å². The summed E-state index contributed by atoms with van der Waals surface area (Å²) in [7, 11) is 0. The van der Waals surface area contributed by atoms with Gasteiger partial charge >= 0.3 is 0 Å². The van der Waals surface area contributed by atoms with Gasteiger partial charge in [0.2, 0.25) is 5.13 Å². The predicted molar refractivity (Wildman–Crippen MR) is 85.7 cm³/mol. The third-order valence-corrected chi connectivity index (χ3v) is 3.79. The lowest BCUT2D eigenvalue weighted by Gasteiger charge is -2.07. The van der Waals surface area contributed by atoms with E-state index in [1.165, 1.54) is 11.3 Å². The van der Waals surface area contributed by atoms with Gasteiger partial charge in [-0.3, -0.25) is 10.1 Å². The molecule has 0 aliphatic rings. The van der Waals surface area contributed by atoms with Gasteiger partial charge in [-0.2, -0.15) is 0 Å². The molecule has 118 valence electrons. The SMILES string of the molecule is CCOCCOc1ccc(C(=O)Nc2nnc(CC)s2)cc1. The van der Waals surface area contributed by atoms with Crippen LogP contribution in [-0.2, 0) is 11.2 Å². The van der Waals surface area contributed by atoms with Crippen LogP contribution >= 0.6 is 11.3 Å². The molecular formula is C15H19N3O3S. The average molecular weight is 321 g/mol. The number of aryl methyl sites for hydroxylation is 1. The standard InChI is InChI=1S/C15H19N3O3S/c1-3-13-17-18-15(22-13)16-14(19)11-5-7-12(8-6-11)21-10-9-20-4-2/h5-8H,3-4,9-10H2,1-2H3,(H,16,18,19). The van der Waals surface area contributed by atoms with E-state index in [0.717, 1.165) is 11.4 Å². The van der Waals surface area contributed by atoms with E-state index in [2.05, 4.69) is 15.5 Å². The first kappa shape index (κ1) is 16.4. The molecule has 0 bridgehead atoms. The minimum absolute atomic E-state index is 0.209. The van der Waals surface area contributed by atoms with E-state index in [9.17, 15) is 4.79 Å². The van der Waals surface area contributed by atoms with Crippen molar-refractivity contribution >= 4 is 22.4 Å². The molecule has 22 heavy (non-hydrogen) atoms. The van der Waals surface area contributed by atoms with Crippen LogP contribution in [0.25, 0.3) is 0 Å². The summed E-state index contributed by atoms with van der Waals surface area (Å²) in [6, 6.07) is 6.96. The van der Waals surface area contributed by atoms with Crippen molar-refractivity contribution in [2.75, 3.05) is 25.1 Å². The Hall–Kier alpha value is -1.99. The van der Waals surface area contributed by atoms with Gasteiger partial charge in [0.15, 0.2) is 0 Å². The van der Waals surface area contributed by atoms with Crippen LogP contribution < -0.4 is 10.1 Å². The van der Waals surface area contributed by atoms with Crippen LogP contribution in [0, 0.1) is 0 Å². The van der Waals surface area contributed by atoms with Gasteiger partial charge < -0.3 is 9.47 Å². The van der Waals surface area contributed by atoms with Crippen molar-refractivity contribution in [1.82, 2.24) is 10.2 Å². The fourth-order valence-electron chi connectivity index (χ4n) is 1.68. The zero-order valence-corrected chi connectivity index (χ0v) is 13.5. The Morgan fingerprint density at radius 2 is 1.95 bits per heavy atom. The van der Waals surface area contributed by atoms with E-state index in [-0.39, 0.29) is 5.91 Å². The molecule has 2 aromatic rings. The lowest BCUT2D eigenvalue weighted by molar-refractivity contribution is 0.102. The predicted octanol–water partition coefficient (Wildman–Crippen LogP) is 2.77. The Bertz CT molecular complexity index is 598. The molecule has 1 aromatic carbocycles. The minimum Gasteiger partial charge on any atom is -0.491 e. The molecule has 7 heteroatoms. The van der Waals surface area contributed by atoms with Crippen molar-refractivity contribution in [2.24, 2.45) is 0 Å². The third-order valence-electron chi connectivity index (χ3n) is 2.81. The van der Waals surface area contributed by atoms with E-state index >= 15 is 0 Å². The van der Waals surface area contributed by atoms with Crippen molar-refractivity contribution in [3.63, 3.8) is 0 Å². The first-order valence-corrected chi connectivity index (χ1v) is 7.99. The normalized spacial score (nSPS) is 10.5. The second kappa shape index (κ2) is 8.45. The number of benzene rings is 1. The maximum atomic E-state index is 12.1. The molecule has 1 N–H and O–H groups in total. The summed E-state index contributed by atoms with van der Waals surface area (Å²) in [6.45, 7) is 5.65. The molecule has 0 saturated carbocycles. The highest BCUT2D eigenvalue weighted by molar-refractivity contribution is 7.15. The van der Waals surface area contributed by atoms with E-state index < -0.39 is 0 Å². The number of carbonyl (C=O) groups is 1. The van der Waals surface area contributed by atoms with Crippen LogP contribution in [-0.4, -0.2) is 35.9 Å². The fourth-order valence-corrected chi connectivity index (χ4v) is 2.36. The molecule has 0 aliphatic carbocycles. The Morgan fingerprint density at radius 1 is 1.18 bits per heavy atom. The number of amides is 1. The second-order valence-corrected chi connectivity index (χ2v) is 5.44. The lowest BCUT2D eigenvalue weighted by atomic mass is 10.2. The number of ether oxygens (including phenoxy) is 2. The van der Waals surface area contributed by atoms with Gasteiger partial charge in [-0.15, -0.1) is 10.2 Å². The maximum absolute atomic E-state index is 12.1. The zero-order valence-electron chi connectivity index (χ0n) is 12.7. The molecule has 1 amide bonds.